The lowest BCUT2D eigenvalue weighted by Crippen LogP contribution is -2.39. The zero-order valence-corrected chi connectivity index (χ0v) is 8.11. The van der Waals surface area contributed by atoms with Crippen molar-refractivity contribution in [1.82, 2.24) is 0 Å². The molecule has 1 fully saturated rings. The van der Waals surface area contributed by atoms with Gasteiger partial charge >= 0.3 is 0 Å². The first-order valence-electron chi connectivity index (χ1n) is 5.16. The fourth-order valence-electron chi connectivity index (χ4n) is 2.68. The zero-order chi connectivity index (χ0) is 9.47. The first kappa shape index (κ1) is 9.22. The van der Waals surface area contributed by atoms with Gasteiger partial charge in [0.05, 0.1) is 12.2 Å². The summed E-state index contributed by atoms with van der Waals surface area (Å²) < 4.78 is 0. The summed E-state index contributed by atoms with van der Waals surface area (Å²) in [6, 6.07) is 0. The summed E-state index contributed by atoms with van der Waals surface area (Å²) in [6.45, 7) is 2.24. The smallest absolute Gasteiger partial charge is 0.0724 e. The van der Waals surface area contributed by atoms with E-state index in [-0.39, 0.29) is 17.6 Å². The molecule has 4 atom stereocenters. The second kappa shape index (κ2) is 3.10. The van der Waals surface area contributed by atoms with Gasteiger partial charge in [-0.05, 0) is 37.0 Å². The molecule has 0 aromatic carbocycles. The number of hydrogen-bond donors (Lipinski definition) is 2. The summed E-state index contributed by atoms with van der Waals surface area (Å²) >= 11 is 0. The summed E-state index contributed by atoms with van der Waals surface area (Å²) in [6.07, 6.45) is 7.28. The second-order valence-corrected chi connectivity index (χ2v) is 4.79. The topological polar surface area (TPSA) is 40.5 Å². The van der Waals surface area contributed by atoms with Crippen LogP contribution in [0.2, 0.25) is 0 Å². The molecule has 0 bridgehead atoms. The van der Waals surface area contributed by atoms with Gasteiger partial charge in [0.2, 0.25) is 0 Å². The van der Waals surface area contributed by atoms with Crippen molar-refractivity contribution in [3.05, 3.63) is 12.2 Å². The highest BCUT2D eigenvalue weighted by atomic mass is 16.3. The molecular weight excluding hydrogens is 164 g/mol. The summed E-state index contributed by atoms with van der Waals surface area (Å²) in [5, 5.41) is 19.0. The molecule has 0 radical (unpaired) electrons. The van der Waals surface area contributed by atoms with Crippen LogP contribution in [0.5, 0.6) is 0 Å². The largest absolute Gasteiger partial charge is 0.393 e. The maximum Gasteiger partial charge on any atom is 0.0724 e. The Morgan fingerprint density at radius 1 is 1.31 bits per heavy atom. The van der Waals surface area contributed by atoms with Gasteiger partial charge in [0, 0.05) is 0 Å². The molecule has 0 saturated heterocycles. The van der Waals surface area contributed by atoms with Gasteiger partial charge < -0.3 is 10.2 Å². The Kier molecular flexibility index (Phi) is 2.20. The van der Waals surface area contributed by atoms with E-state index in [9.17, 15) is 10.2 Å². The fraction of sp³-hybridized carbons (Fsp3) is 0.818. The minimum Gasteiger partial charge on any atom is -0.393 e. The molecule has 2 aliphatic rings. The highest BCUT2D eigenvalue weighted by Crippen LogP contribution is 2.46. The predicted molar refractivity (Wildman–Crippen MR) is 51.2 cm³/mol. The SMILES string of the molecule is C[C@]12C=C[C@H](O)C[C@@H]1C[C@H](O)CC2. The minimum absolute atomic E-state index is 0.142. The van der Waals surface area contributed by atoms with Gasteiger partial charge in [0.25, 0.3) is 0 Å². The van der Waals surface area contributed by atoms with E-state index in [4.69, 9.17) is 0 Å². The Bertz CT molecular complexity index is 224. The van der Waals surface area contributed by atoms with Gasteiger partial charge in [-0.25, -0.2) is 0 Å². The van der Waals surface area contributed by atoms with E-state index < -0.39 is 0 Å². The summed E-state index contributed by atoms with van der Waals surface area (Å²) in [5.41, 5.74) is 0.235. The Morgan fingerprint density at radius 3 is 2.85 bits per heavy atom. The Labute approximate surface area is 79.3 Å². The Hall–Kier alpha value is -0.340. The van der Waals surface area contributed by atoms with E-state index in [0.717, 1.165) is 25.7 Å². The summed E-state index contributed by atoms with van der Waals surface area (Å²) in [4.78, 5) is 0. The van der Waals surface area contributed by atoms with Crippen LogP contribution in [0.4, 0.5) is 0 Å². The van der Waals surface area contributed by atoms with Crippen molar-refractivity contribution < 1.29 is 10.2 Å². The average molecular weight is 182 g/mol. The third-order valence-corrected chi connectivity index (χ3v) is 3.73. The highest BCUT2D eigenvalue weighted by Gasteiger charge is 2.40. The number of fused-ring (bicyclic) bond motifs is 1. The fourth-order valence-corrected chi connectivity index (χ4v) is 2.68. The lowest BCUT2D eigenvalue weighted by atomic mass is 9.62. The molecule has 0 spiro atoms. The van der Waals surface area contributed by atoms with E-state index >= 15 is 0 Å². The van der Waals surface area contributed by atoms with Crippen molar-refractivity contribution >= 4 is 0 Å². The summed E-state index contributed by atoms with van der Waals surface area (Å²) in [5.74, 6) is 0.469. The van der Waals surface area contributed by atoms with Gasteiger partial charge in [-0.1, -0.05) is 19.1 Å². The van der Waals surface area contributed by atoms with Gasteiger partial charge in [-0.2, -0.15) is 0 Å². The third kappa shape index (κ3) is 1.65. The van der Waals surface area contributed by atoms with Gasteiger partial charge in [-0.15, -0.1) is 0 Å². The molecule has 0 aromatic heterocycles. The Morgan fingerprint density at radius 2 is 2.08 bits per heavy atom. The first-order valence-corrected chi connectivity index (χ1v) is 5.16. The van der Waals surface area contributed by atoms with Crippen molar-refractivity contribution in [1.29, 1.82) is 0 Å². The molecule has 0 aliphatic heterocycles. The molecule has 74 valence electrons. The molecule has 0 unspecified atom stereocenters. The van der Waals surface area contributed by atoms with Gasteiger partial charge in [-0.3, -0.25) is 0 Å². The normalized spacial score (nSPS) is 50.2. The van der Waals surface area contributed by atoms with Crippen LogP contribution >= 0.6 is 0 Å². The number of rotatable bonds is 0. The van der Waals surface area contributed by atoms with E-state index in [1.54, 1.807) is 0 Å². The van der Waals surface area contributed by atoms with Crippen LogP contribution in [0.15, 0.2) is 12.2 Å². The number of aliphatic hydroxyl groups excluding tert-OH is 2. The molecule has 0 aromatic rings. The predicted octanol–water partition coefficient (Wildman–Crippen LogP) is 1.47. The molecule has 0 amide bonds. The van der Waals surface area contributed by atoms with Crippen LogP contribution in [0.3, 0.4) is 0 Å². The number of aliphatic hydroxyl groups is 2. The molecule has 2 heteroatoms. The first-order chi connectivity index (χ1) is 6.10. The Balaban J connectivity index is 2.17. The molecular formula is C11H18O2. The van der Waals surface area contributed by atoms with Crippen LogP contribution in [0.25, 0.3) is 0 Å². The summed E-state index contributed by atoms with van der Waals surface area (Å²) in [7, 11) is 0. The molecule has 2 rings (SSSR count). The lowest BCUT2D eigenvalue weighted by molar-refractivity contribution is 0.0147. The molecule has 2 N–H and O–H groups in total. The second-order valence-electron chi connectivity index (χ2n) is 4.79. The maximum absolute atomic E-state index is 9.54. The van der Waals surface area contributed by atoms with Crippen LogP contribution in [0.1, 0.15) is 32.6 Å². The van der Waals surface area contributed by atoms with Crippen LogP contribution < -0.4 is 0 Å². The third-order valence-electron chi connectivity index (χ3n) is 3.73. The van der Waals surface area contributed by atoms with Crippen molar-refractivity contribution in [3.63, 3.8) is 0 Å². The molecule has 2 nitrogen and oxygen atoms in total. The van der Waals surface area contributed by atoms with Crippen molar-refractivity contribution in [2.24, 2.45) is 11.3 Å². The van der Waals surface area contributed by atoms with E-state index in [2.05, 4.69) is 13.0 Å². The minimum atomic E-state index is -0.289. The van der Waals surface area contributed by atoms with E-state index in [1.807, 2.05) is 6.08 Å². The lowest BCUT2D eigenvalue weighted by Gasteiger charge is -2.44. The highest BCUT2D eigenvalue weighted by molar-refractivity contribution is 5.10. The molecule has 1 saturated carbocycles. The number of allylic oxidation sites excluding steroid dienone is 1. The quantitative estimate of drug-likeness (QED) is 0.557. The van der Waals surface area contributed by atoms with E-state index in [1.165, 1.54) is 0 Å². The standard InChI is InChI=1S/C11H18O2/c1-11-4-2-9(12)6-8(11)7-10(13)3-5-11/h2,4,8-10,12-13H,3,5-7H2,1H3/t8-,9+,10-,11-/m1/s1. The van der Waals surface area contributed by atoms with Crippen molar-refractivity contribution in [3.8, 4) is 0 Å². The molecule has 13 heavy (non-hydrogen) atoms. The average Bonchev–Trinajstić information content (AvgIpc) is 2.08. The molecule has 0 heterocycles. The monoisotopic (exact) mass is 182 g/mol. The molecule has 2 aliphatic carbocycles. The van der Waals surface area contributed by atoms with Crippen molar-refractivity contribution in [2.45, 2.75) is 44.8 Å². The van der Waals surface area contributed by atoms with Gasteiger partial charge in [0.15, 0.2) is 0 Å². The maximum atomic E-state index is 9.54. The zero-order valence-electron chi connectivity index (χ0n) is 8.11. The number of hydrogen-bond acceptors (Lipinski definition) is 2. The van der Waals surface area contributed by atoms with Crippen molar-refractivity contribution in [2.75, 3.05) is 0 Å². The van der Waals surface area contributed by atoms with Gasteiger partial charge in [0.1, 0.15) is 0 Å². The van der Waals surface area contributed by atoms with Crippen LogP contribution in [0, 0.1) is 11.3 Å². The van der Waals surface area contributed by atoms with E-state index in [0.29, 0.717) is 5.92 Å². The van der Waals surface area contributed by atoms with Crippen LogP contribution in [-0.4, -0.2) is 22.4 Å². The van der Waals surface area contributed by atoms with Crippen LogP contribution in [-0.2, 0) is 0 Å².